The molecule has 0 spiro atoms. The molecule has 0 aromatic carbocycles. The van der Waals surface area contributed by atoms with Crippen LogP contribution < -0.4 is 5.32 Å². The third kappa shape index (κ3) is 4.28. The molecule has 1 fully saturated rings. The lowest BCUT2D eigenvalue weighted by atomic mass is 9.95. The minimum atomic E-state index is -0.102. The third-order valence-electron chi connectivity index (χ3n) is 4.98. The van der Waals surface area contributed by atoms with Crippen LogP contribution in [0.15, 0.2) is 34.7 Å². The predicted octanol–water partition coefficient (Wildman–Crippen LogP) is 3.14. The number of furan rings is 1. The van der Waals surface area contributed by atoms with E-state index in [2.05, 4.69) is 11.4 Å². The van der Waals surface area contributed by atoms with Gasteiger partial charge in [0.2, 0.25) is 5.91 Å². The molecule has 3 rings (SSSR count). The second kappa shape index (κ2) is 8.18. The van der Waals surface area contributed by atoms with Crippen LogP contribution in [0.5, 0.6) is 0 Å². The van der Waals surface area contributed by atoms with E-state index in [1.54, 1.807) is 11.0 Å². The van der Waals surface area contributed by atoms with Crippen molar-refractivity contribution in [1.82, 2.24) is 10.2 Å². The quantitative estimate of drug-likeness (QED) is 0.844. The van der Waals surface area contributed by atoms with Gasteiger partial charge in [-0.25, -0.2) is 0 Å². The SMILES string of the molecule is O=C(NCCC1=CCCCC1)[C@H]1CCCN(C(=O)c2ccoc2)C1. The van der Waals surface area contributed by atoms with Crippen LogP contribution in [-0.4, -0.2) is 36.3 Å². The molecule has 5 nitrogen and oxygen atoms in total. The van der Waals surface area contributed by atoms with Crippen LogP contribution >= 0.6 is 0 Å². The molecule has 1 aromatic rings. The molecule has 1 saturated heterocycles. The molecule has 5 heteroatoms. The third-order valence-corrected chi connectivity index (χ3v) is 4.98. The number of nitrogens with one attached hydrogen (secondary N) is 1. The Morgan fingerprint density at radius 1 is 1.29 bits per heavy atom. The van der Waals surface area contributed by atoms with Gasteiger partial charge in [-0.15, -0.1) is 0 Å². The second-order valence-electron chi connectivity index (χ2n) is 6.75. The summed E-state index contributed by atoms with van der Waals surface area (Å²) in [5.74, 6) is -0.0698. The Balaban J connectivity index is 1.46. The molecule has 2 heterocycles. The lowest BCUT2D eigenvalue weighted by molar-refractivity contribution is -0.126. The first-order valence-electron chi connectivity index (χ1n) is 9.01. The van der Waals surface area contributed by atoms with E-state index in [1.807, 2.05) is 0 Å². The number of hydrogen-bond donors (Lipinski definition) is 1. The molecule has 1 atom stereocenters. The first-order valence-corrected chi connectivity index (χ1v) is 9.01. The minimum absolute atomic E-state index is 0.0476. The average Bonchev–Trinajstić information content (AvgIpc) is 3.16. The molecule has 1 aliphatic carbocycles. The first-order chi connectivity index (χ1) is 11.7. The Labute approximate surface area is 143 Å². The zero-order valence-electron chi connectivity index (χ0n) is 14.1. The number of rotatable bonds is 5. The van der Waals surface area contributed by atoms with Crippen molar-refractivity contribution in [2.24, 2.45) is 5.92 Å². The molecule has 1 aromatic heterocycles. The molecule has 2 amide bonds. The van der Waals surface area contributed by atoms with E-state index >= 15 is 0 Å². The Morgan fingerprint density at radius 3 is 2.96 bits per heavy atom. The first kappa shape index (κ1) is 16.8. The highest BCUT2D eigenvalue weighted by atomic mass is 16.3. The Kier molecular flexibility index (Phi) is 5.72. The van der Waals surface area contributed by atoms with E-state index in [1.165, 1.54) is 43.8 Å². The summed E-state index contributed by atoms with van der Waals surface area (Å²) in [6.07, 6.45) is 12.9. The fraction of sp³-hybridized carbons (Fsp3) is 0.579. The van der Waals surface area contributed by atoms with Gasteiger partial charge in [0.25, 0.3) is 5.91 Å². The Morgan fingerprint density at radius 2 is 2.21 bits per heavy atom. The van der Waals surface area contributed by atoms with Gasteiger partial charge in [0.15, 0.2) is 0 Å². The monoisotopic (exact) mass is 330 g/mol. The number of likely N-dealkylation sites (tertiary alicyclic amines) is 1. The van der Waals surface area contributed by atoms with Crippen LogP contribution in [0.1, 0.15) is 55.3 Å². The summed E-state index contributed by atoms with van der Waals surface area (Å²) in [5.41, 5.74) is 2.03. The van der Waals surface area contributed by atoms with E-state index in [-0.39, 0.29) is 17.7 Å². The van der Waals surface area contributed by atoms with Gasteiger partial charge in [-0.1, -0.05) is 11.6 Å². The average molecular weight is 330 g/mol. The molecule has 1 N–H and O–H groups in total. The molecule has 0 radical (unpaired) electrons. The van der Waals surface area contributed by atoms with Crippen molar-refractivity contribution in [2.75, 3.05) is 19.6 Å². The van der Waals surface area contributed by atoms with Gasteiger partial charge in [-0.3, -0.25) is 9.59 Å². The summed E-state index contributed by atoms with van der Waals surface area (Å²) in [4.78, 5) is 26.5. The van der Waals surface area contributed by atoms with Gasteiger partial charge in [-0.2, -0.15) is 0 Å². The van der Waals surface area contributed by atoms with E-state index in [4.69, 9.17) is 4.42 Å². The summed E-state index contributed by atoms with van der Waals surface area (Å²) >= 11 is 0. The maximum absolute atomic E-state index is 12.4. The van der Waals surface area contributed by atoms with Crippen LogP contribution in [0.3, 0.4) is 0 Å². The smallest absolute Gasteiger partial charge is 0.257 e. The largest absolute Gasteiger partial charge is 0.472 e. The zero-order chi connectivity index (χ0) is 16.8. The molecular weight excluding hydrogens is 304 g/mol. The summed E-state index contributed by atoms with van der Waals surface area (Å²) in [6.45, 7) is 1.91. The summed E-state index contributed by atoms with van der Waals surface area (Å²) in [5, 5.41) is 3.06. The van der Waals surface area contributed by atoms with Crippen molar-refractivity contribution >= 4 is 11.8 Å². The van der Waals surface area contributed by atoms with Crippen molar-refractivity contribution in [3.05, 3.63) is 35.8 Å². The highest BCUT2D eigenvalue weighted by molar-refractivity contribution is 5.94. The number of amides is 2. The summed E-state index contributed by atoms with van der Waals surface area (Å²) < 4.78 is 4.98. The van der Waals surface area contributed by atoms with E-state index < -0.39 is 0 Å². The lowest BCUT2D eigenvalue weighted by Gasteiger charge is -2.31. The van der Waals surface area contributed by atoms with Crippen molar-refractivity contribution in [3.63, 3.8) is 0 Å². The molecule has 24 heavy (non-hydrogen) atoms. The normalized spacial score (nSPS) is 21.2. The second-order valence-corrected chi connectivity index (χ2v) is 6.75. The molecule has 2 aliphatic rings. The van der Waals surface area contributed by atoms with Crippen molar-refractivity contribution in [3.8, 4) is 0 Å². The summed E-state index contributed by atoms with van der Waals surface area (Å²) in [6, 6.07) is 1.67. The summed E-state index contributed by atoms with van der Waals surface area (Å²) in [7, 11) is 0. The number of hydrogen-bond acceptors (Lipinski definition) is 3. The van der Waals surface area contributed by atoms with Crippen molar-refractivity contribution in [2.45, 2.75) is 44.9 Å². The lowest BCUT2D eigenvalue weighted by Crippen LogP contribution is -2.45. The maximum atomic E-state index is 12.4. The van der Waals surface area contributed by atoms with E-state index in [0.717, 1.165) is 19.3 Å². The molecular formula is C19H26N2O3. The highest BCUT2D eigenvalue weighted by Crippen LogP contribution is 2.21. The predicted molar refractivity (Wildman–Crippen MR) is 91.5 cm³/mol. The van der Waals surface area contributed by atoms with Crippen LogP contribution in [0.4, 0.5) is 0 Å². The van der Waals surface area contributed by atoms with Gasteiger partial charge in [0, 0.05) is 19.6 Å². The van der Waals surface area contributed by atoms with Crippen LogP contribution in [0.25, 0.3) is 0 Å². The van der Waals surface area contributed by atoms with Gasteiger partial charge in [0.1, 0.15) is 6.26 Å². The number of carbonyl (C=O) groups excluding carboxylic acids is 2. The molecule has 130 valence electrons. The minimum Gasteiger partial charge on any atom is -0.472 e. The van der Waals surface area contributed by atoms with E-state index in [0.29, 0.717) is 25.2 Å². The number of carbonyl (C=O) groups is 2. The van der Waals surface area contributed by atoms with E-state index in [9.17, 15) is 9.59 Å². The topological polar surface area (TPSA) is 62.6 Å². The molecule has 0 unspecified atom stereocenters. The van der Waals surface area contributed by atoms with Crippen molar-refractivity contribution < 1.29 is 14.0 Å². The number of piperidine rings is 1. The van der Waals surface area contributed by atoms with Crippen LogP contribution in [0.2, 0.25) is 0 Å². The fourth-order valence-corrected chi connectivity index (χ4v) is 3.57. The standard InChI is InChI=1S/C19H26N2O3/c22-18(20-10-8-15-5-2-1-3-6-15)16-7-4-11-21(13-16)19(23)17-9-12-24-14-17/h5,9,12,14,16H,1-4,6-8,10-11,13H2,(H,20,22)/t16-/m0/s1. The number of allylic oxidation sites excluding steroid dienone is 1. The molecule has 1 aliphatic heterocycles. The Bertz CT molecular complexity index is 592. The van der Waals surface area contributed by atoms with Gasteiger partial charge < -0.3 is 14.6 Å². The Hall–Kier alpha value is -2.04. The van der Waals surface area contributed by atoms with Gasteiger partial charge >= 0.3 is 0 Å². The van der Waals surface area contributed by atoms with Crippen molar-refractivity contribution in [1.29, 1.82) is 0 Å². The van der Waals surface area contributed by atoms with Gasteiger partial charge in [0.05, 0.1) is 17.7 Å². The van der Waals surface area contributed by atoms with Crippen LogP contribution in [0, 0.1) is 5.92 Å². The van der Waals surface area contributed by atoms with Crippen LogP contribution in [-0.2, 0) is 4.79 Å². The molecule has 0 bridgehead atoms. The highest BCUT2D eigenvalue weighted by Gasteiger charge is 2.29. The molecule has 0 saturated carbocycles. The zero-order valence-corrected chi connectivity index (χ0v) is 14.1. The maximum Gasteiger partial charge on any atom is 0.257 e. The number of nitrogens with zero attached hydrogens (tertiary/aromatic N) is 1. The fourth-order valence-electron chi connectivity index (χ4n) is 3.57. The van der Waals surface area contributed by atoms with Gasteiger partial charge in [-0.05, 0) is 51.0 Å².